The number of amides is 1. The van der Waals surface area contributed by atoms with E-state index in [1.165, 1.54) is 0 Å². The van der Waals surface area contributed by atoms with Gasteiger partial charge in [-0.1, -0.05) is 19.8 Å². The maximum absolute atomic E-state index is 11.6. The molecule has 2 aliphatic rings. The summed E-state index contributed by atoms with van der Waals surface area (Å²) in [5.41, 5.74) is 1.18. The van der Waals surface area contributed by atoms with Crippen LogP contribution in [0.25, 0.3) is 0 Å². The zero-order valence-electron chi connectivity index (χ0n) is 13.4. The van der Waals surface area contributed by atoms with Crippen molar-refractivity contribution in [1.82, 2.24) is 9.88 Å². The highest BCUT2D eigenvalue weighted by atomic mass is 16.4. The summed E-state index contributed by atoms with van der Waals surface area (Å²) >= 11 is 0. The Morgan fingerprint density at radius 3 is 3.09 bits per heavy atom. The number of nitrogens with zero attached hydrogens (tertiary/aromatic N) is 4. The van der Waals surface area contributed by atoms with Gasteiger partial charge in [0.05, 0.1) is 23.0 Å². The van der Waals surface area contributed by atoms with Crippen LogP contribution in [0.1, 0.15) is 38.2 Å². The number of aromatic nitrogens is 1. The van der Waals surface area contributed by atoms with Gasteiger partial charge in [0.1, 0.15) is 6.07 Å². The molecule has 0 radical (unpaired) electrons. The van der Waals surface area contributed by atoms with E-state index in [1.807, 2.05) is 6.07 Å². The van der Waals surface area contributed by atoms with E-state index in [1.54, 1.807) is 17.3 Å². The third-order valence-electron chi connectivity index (χ3n) is 5.32. The summed E-state index contributed by atoms with van der Waals surface area (Å²) in [4.78, 5) is 19.6. The Labute approximate surface area is 136 Å². The van der Waals surface area contributed by atoms with Crippen LogP contribution in [0.5, 0.6) is 0 Å². The number of likely N-dealkylation sites (tertiary alicyclic amines) is 1. The minimum atomic E-state index is -0.817. The highest BCUT2D eigenvalue weighted by Gasteiger charge is 2.57. The molecule has 1 aromatic heterocycles. The molecule has 2 fully saturated rings. The average molecular weight is 314 g/mol. The van der Waals surface area contributed by atoms with Crippen LogP contribution in [0.2, 0.25) is 0 Å². The van der Waals surface area contributed by atoms with Crippen molar-refractivity contribution >= 4 is 11.8 Å². The van der Waals surface area contributed by atoms with Crippen molar-refractivity contribution in [2.75, 3.05) is 24.5 Å². The lowest BCUT2D eigenvalue weighted by Gasteiger charge is -2.62. The number of unbranched alkanes of at least 4 members (excludes halogenated alkanes) is 1. The molecule has 2 saturated heterocycles. The molecule has 0 saturated carbocycles. The van der Waals surface area contributed by atoms with E-state index in [0.29, 0.717) is 24.6 Å². The summed E-state index contributed by atoms with van der Waals surface area (Å²) < 4.78 is 0. The molecule has 122 valence electrons. The SMILES string of the molecule is CCCCC12CN(c3cncc(C#N)c3)CCC1CN2C(=O)O. The molecule has 0 bridgehead atoms. The first-order chi connectivity index (χ1) is 11.1. The molecule has 3 rings (SSSR count). The van der Waals surface area contributed by atoms with Crippen LogP contribution in [0.4, 0.5) is 10.5 Å². The Kier molecular flexibility index (Phi) is 4.12. The second kappa shape index (κ2) is 6.07. The fourth-order valence-electron chi connectivity index (χ4n) is 4.03. The largest absolute Gasteiger partial charge is 0.465 e. The monoisotopic (exact) mass is 314 g/mol. The molecular weight excluding hydrogens is 292 g/mol. The number of rotatable bonds is 4. The Morgan fingerprint density at radius 1 is 1.57 bits per heavy atom. The van der Waals surface area contributed by atoms with E-state index < -0.39 is 6.09 Å². The Hall–Kier alpha value is -2.29. The minimum absolute atomic E-state index is 0.275. The van der Waals surface area contributed by atoms with E-state index in [9.17, 15) is 9.90 Å². The zero-order valence-corrected chi connectivity index (χ0v) is 13.4. The van der Waals surface area contributed by atoms with Gasteiger partial charge in [-0.2, -0.15) is 5.26 Å². The number of anilines is 1. The van der Waals surface area contributed by atoms with Gasteiger partial charge in [0.2, 0.25) is 0 Å². The van der Waals surface area contributed by atoms with E-state index in [4.69, 9.17) is 5.26 Å². The maximum Gasteiger partial charge on any atom is 0.407 e. The number of pyridine rings is 1. The summed E-state index contributed by atoms with van der Waals surface area (Å²) in [5, 5.41) is 18.6. The molecule has 1 amide bonds. The van der Waals surface area contributed by atoms with Crippen LogP contribution in [0.3, 0.4) is 0 Å². The summed E-state index contributed by atoms with van der Waals surface area (Å²) in [6.45, 7) is 4.38. The van der Waals surface area contributed by atoms with Crippen molar-refractivity contribution in [2.45, 2.75) is 38.1 Å². The maximum atomic E-state index is 11.6. The van der Waals surface area contributed by atoms with Gasteiger partial charge in [0.15, 0.2) is 0 Å². The number of hydrogen-bond donors (Lipinski definition) is 1. The molecule has 6 heteroatoms. The molecule has 0 spiro atoms. The molecule has 0 aliphatic carbocycles. The van der Waals surface area contributed by atoms with Gasteiger partial charge in [-0.25, -0.2) is 4.79 Å². The van der Waals surface area contributed by atoms with Crippen molar-refractivity contribution in [3.05, 3.63) is 24.0 Å². The molecule has 2 aliphatic heterocycles. The molecule has 23 heavy (non-hydrogen) atoms. The van der Waals surface area contributed by atoms with Gasteiger partial charge in [-0.3, -0.25) is 4.98 Å². The highest BCUT2D eigenvalue weighted by molar-refractivity contribution is 5.68. The summed E-state index contributed by atoms with van der Waals surface area (Å²) in [6.07, 6.45) is 6.49. The third-order valence-corrected chi connectivity index (χ3v) is 5.32. The van der Waals surface area contributed by atoms with Crippen LogP contribution in [-0.4, -0.2) is 46.3 Å². The zero-order chi connectivity index (χ0) is 16.4. The molecular formula is C17H22N4O2. The van der Waals surface area contributed by atoms with Gasteiger partial charge in [-0.05, 0) is 18.9 Å². The normalized spacial score (nSPS) is 26.2. The number of hydrogen-bond acceptors (Lipinski definition) is 4. The Balaban J connectivity index is 1.85. The van der Waals surface area contributed by atoms with Crippen molar-refractivity contribution in [2.24, 2.45) is 5.92 Å². The van der Waals surface area contributed by atoms with Gasteiger partial charge < -0.3 is 14.9 Å². The van der Waals surface area contributed by atoms with E-state index in [-0.39, 0.29) is 5.54 Å². The summed E-state index contributed by atoms with van der Waals surface area (Å²) in [5.74, 6) is 0.452. The molecule has 1 aromatic rings. The number of fused-ring (bicyclic) bond motifs is 1. The second-order valence-corrected chi connectivity index (χ2v) is 6.55. The fourth-order valence-corrected chi connectivity index (χ4v) is 4.03. The number of piperidine rings is 1. The topological polar surface area (TPSA) is 80.5 Å². The number of carbonyl (C=O) groups is 1. The smallest absolute Gasteiger partial charge is 0.407 e. The first kappa shape index (κ1) is 15.6. The number of carboxylic acid groups (broad SMARTS) is 1. The van der Waals surface area contributed by atoms with Crippen molar-refractivity contribution in [1.29, 1.82) is 5.26 Å². The lowest BCUT2D eigenvalue weighted by molar-refractivity contribution is -0.0759. The predicted octanol–water partition coefficient (Wildman–Crippen LogP) is 2.70. The molecule has 2 atom stereocenters. The Morgan fingerprint density at radius 2 is 2.39 bits per heavy atom. The summed E-state index contributed by atoms with van der Waals surface area (Å²) in [7, 11) is 0. The second-order valence-electron chi connectivity index (χ2n) is 6.55. The van der Waals surface area contributed by atoms with E-state index >= 15 is 0 Å². The highest BCUT2D eigenvalue weighted by Crippen LogP contribution is 2.46. The molecule has 6 nitrogen and oxygen atoms in total. The van der Waals surface area contributed by atoms with Crippen LogP contribution >= 0.6 is 0 Å². The van der Waals surface area contributed by atoms with Crippen molar-refractivity contribution in [3.8, 4) is 6.07 Å². The van der Waals surface area contributed by atoms with Gasteiger partial charge >= 0.3 is 6.09 Å². The first-order valence-electron chi connectivity index (χ1n) is 8.21. The number of nitriles is 1. The van der Waals surface area contributed by atoms with Crippen LogP contribution in [0.15, 0.2) is 18.5 Å². The Bertz CT molecular complexity index is 642. The first-order valence-corrected chi connectivity index (χ1v) is 8.21. The lowest BCUT2D eigenvalue weighted by atomic mass is 9.67. The average Bonchev–Trinajstić information content (AvgIpc) is 2.54. The summed E-state index contributed by atoms with van der Waals surface area (Å²) in [6, 6.07) is 3.96. The quantitative estimate of drug-likeness (QED) is 0.924. The van der Waals surface area contributed by atoms with E-state index in [0.717, 1.165) is 37.9 Å². The van der Waals surface area contributed by atoms with Crippen LogP contribution in [0, 0.1) is 17.2 Å². The molecule has 2 unspecified atom stereocenters. The predicted molar refractivity (Wildman–Crippen MR) is 86.3 cm³/mol. The molecule has 1 N–H and O–H groups in total. The van der Waals surface area contributed by atoms with Gasteiger partial charge in [-0.15, -0.1) is 0 Å². The van der Waals surface area contributed by atoms with Gasteiger partial charge in [0, 0.05) is 31.7 Å². The van der Waals surface area contributed by atoms with Crippen molar-refractivity contribution in [3.63, 3.8) is 0 Å². The fraction of sp³-hybridized carbons (Fsp3) is 0.588. The van der Waals surface area contributed by atoms with Crippen LogP contribution in [-0.2, 0) is 0 Å². The standard InChI is InChI=1S/C17H22N4O2/c1-2-3-5-17-12-20(15-7-13(8-18)9-19-10-15)6-4-14(17)11-21(17)16(22)23/h7,9-10,14H,2-6,11-12H2,1H3,(H,22,23). The molecule has 3 heterocycles. The van der Waals surface area contributed by atoms with E-state index in [2.05, 4.69) is 22.9 Å². The lowest BCUT2D eigenvalue weighted by Crippen LogP contribution is -2.75. The van der Waals surface area contributed by atoms with Crippen molar-refractivity contribution < 1.29 is 9.90 Å². The minimum Gasteiger partial charge on any atom is -0.465 e. The third kappa shape index (κ3) is 2.61. The van der Waals surface area contributed by atoms with Gasteiger partial charge in [0.25, 0.3) is 0 Å². The van der Waals surface area contributed by atoms with Crippen LogP contribution < -0.4 is 4.90 Å². The molecule has 0 aromatic carbocycles.